The molecule has 3 atom stereocenters. The first kappa shape index (κ1) is 12.3. The summed E-state index contributed by atoms with van der Waals surface area (Å²) < 4.78 is 5.57. The van der Waals surface area contributed by atoms with Crippen LogP contribution < -0.4 is 5.32 Å². The molecule has 2 heterocycles. The molecular formula is C13H26N2O. The lowest BCUT2D eigenvalue weighted by Crippen LogP contribution is -2.43. The number of likely N-dealkylation sites (tertiary alicyclic amines) is 1. The lowest BCUT2D eigenvalue weighted by molar-refractivity contribution is 0.110. The van der Waals surface area contributed by atoms with E-state index in [0.29, 0.717) is 12.1 Å². The predicted octanol–water partition coefficient (Wildman–Crippen LogP) is 1.49. The fourth-order valence-corrected chi connectivity index (χ4v) is 2.92. The van der Waals surface area contributed by atoms with Crippen molar-refractivity contribution in [2.75, 3.05) is 32.8 Å². The maximum absolute atomic E-state index is 5.57. The normalized spacial score (nSPS) is 36.8. The largest absolute Gasteiger partial charge is 0.377 e. The van der Waals surface area contributed by atoms with Crippen LogP contribution in [-0.4, -0.2) is 49.8 Å². The van der Waals surface area contributed by atoms with Gasteiger partial charge in [0.2, 0.25) is 0 Å². The van der Waals surface area contributed by atoms with Crippen LogP contribution in [0.3, 0.4) is 0 Å². The Balaban J connectivity index is 1.68. The van der Waals surface area contributed by atoms with Crippen molar-refractivity contribution in [3.63, 3.8) is 0 Å². The Kier molecular flexibility index (Phi) is 4.62. The summed E-state index contributed by atoms with van der Waals surface area (Å²) in [6.45, 7) is 10.4. The molecule has 0 aromatic rings. The lowest BCUT2D eigenvalue weighted by atomic mass is 9.97. The van der Waals surface area contributed by atoms with Gasteiger partial charge in [-0.15, -0.1) is 0 Å². The molecule has 16 heavy (non-hydrogen) atoms. The third kappa shape index (κ3) is 3.19. The second-order valence-corrected chi connectivity index (χ2v) is 5.28. The zero-order valence-corrected chi connectivity index (χ0v) is 10.7. The fraction of sp³-hybridized carbons (Fsp3) is 1.00. The van der Waals surface area contributed by atoms with Crippen molar-refractivity contribution in [2.45, 2.75) is 45.3 Å². The number of hydrogen-bond acceptors (Lipinski definition) is 3. The van der Waals surface area contributed by atoms with Gasteiger partial charge in [0.1, 0.15) is 0 Å². The Labute approximate surface area is 99.5 Å². The van der Waals surface area contributed by atoms with Crippen LogP contribution in [0, 0.1) is 5.92 Å². The van der Waals surface area contributed by atoms with Gasteiger partial charge < -0.3 is 15.0 Å². The number of nitrogens with one attached hydrogen (secondary N) is 1. The third-order valence-corrected chi connectivity index (χ3v) is 4.10. The zero-order valence-electron chi connectivity index (χ0n) is 10.7. The van der Waals surface area contributed by atoms with Gasteiger partial charge in [-0.05, 0) is 51.7 Å². The summed E-state index contributed by atoms with van der Waals surface area (Å²) in [5.41, 5.74) is 0. The molecule has 0 spiro atoms. The highest BCUT2D eigenvalue weighted by Gasteiger charge is 2.25. The summed E-state index contributed by atoms with van der Waals surface area (Å²) in [5.74, 6) is 0.849. The maximum Gasteiger partial charge on any atom is 0.0700 e. The summed E-state index contributed by atoms with van der Waals surface area (Å²) >= 11 is 0. The van der Waals surface area contributed by atoms with Gasteiger partial charge in [0.05, 0.1) is 6.10 Å². The van der Waals surface area contributed by atoms with Crippen LogP contribution in [0.4, 0.5) is 0 Å². The van der Waals surface area contributed by atoms with Gasteiger partial charge in [-0.1, -0.05) is 6.92 Å². The molecule has 3 nitrogen and oxygen atoms in total. The minimum atomic E-state index is 0.408. The molecule has 0 aromatic carbocycles. The molecule has 2 saturated heterocycles. The van der Waals surface area contributed by atoms with E-state index in [9.17, 15) is 0 Å². The van der Waals surface area contributed by atoms with Gasteiger partial charge in [-0.2, -0.15) is 0 Å². The van der Waals surface area contributed by atoms with Gasteiger partial charge in [0.15, 0.2) is 0 Å². The minimum Gasteiger partial charge on any atom is -0.377 e. The van der Waals surface area contributed by atoms with E-state index < -0.39 is 0 Å². The molecule has 0 amide bonds. The van der Waals surface area contributed by atoms with Crippen LogP contribution >= 0.6 is 0 Å². The van der Waals surface area contributed by atoms with Crippen molar-refractivity contribution in [3.8, 4) is 0 Å². The van der Waals surface area contributed by atoms with Gasteiger partial charge in [-0.25, -0.2) is 0 Å². The predicted molar refractivity (Wildman–Crippen MR) is 66.7 cm³/mol. The maximum atomic E-state index is 5.57. The Bertz CT molecular complexity index is 210. The van der Waals surface area contributed by atoms with Crippen molar-refractivity contribution in [2.24, 2.45) is 5.92 Å². The summed E-state index contributed by atoms with van der Waals surface area (Å²) in [6.07, 6.45) is 4.36. The average molecular weight is 226 g/mol. The number of ether oxygens (including phenoxy) is 1. The first-order valence-electron chi connectivity index (χ1n) is 6.87. The fourth-order valence-electron chi connectivity index (χ4n) is 2.92. The van der Waals surface area contributed by atoms with Crippen molar-refractivity contribution in [3.05, 3.63) is 0 Å². The molecule has 3 heteroatoms. The number of rotatable bonds is 4. The van der Waals surface area contributed by atoms with Gasteiger partial charge in [0, 0.05) is 19.2 Å². The quantitative estimate of drug-likeness (QED) is 0.786. The molecular weight excluding hydrogens is 200 g/mol. The van der Waals surface area contributed by atoms with Crippen molar-refractivity contribution < 1.29 is 4.74 Å². The standard InChI is InChI=1S/C13H26N2O/c1-3-15-7-4-5-12(10-15)9-14-13-6-8-16-11(13)2/h11-14H,3-10H2,1-2H3. The van der Waals surface area contributed by atoms with Crippen molar-refractivity contribution in [1.29, 1.82) is 0 Å². The molecule has 0 saturated carbocycles. The second-order valence-electron chi connectivity index (χ2n) is 5.28. The summed E-state index contributed by atoms with van der Waals surface area (Å²) in [4.78, 5) is 2.57. The highest BCUT2D eigenvalue weighted by molar-refractivity contribution is 4.82. The minimum absolute atomic E-state index is 0.408. The highest BCUT2D eigenvalue weighted by atomic mass is 16.5. The first-order valence-corrected chi connectivity index (χ1v) is 6.87. The molecule has 0 aliphatic carbocycles. The molecule has 3 unspecified atom stereocenters. The number of nitrogens with zero attached hydrogens (tertiary/aromatic N) is 1. The molecule has 0 bridgehead atoms. The van der Waals surface area contributed by atoms with Crippen LogP contribution in [0.2, 0.25) is 0 Å². The Morgan fingerprint density at radius 1 is 1.38 bits per heavy atom. The Morgan fingerprint density at radius 2 is 2.25 bits per heavy atom. The third-order valence-electron chi connectivity index (χ3n) is 4.10. The molecule has 2 fully saturated rings. The number of hydrogen-bond donors (Lipinski definition) is 1. The van der Waals surface area contributed by atoms with E-state index in [0.717, 1.165) is 12.5 Å². The lowest BCUT2D eigenvalue weighted by Gasteiger charge is -2.32. The van der Waals surface area contributed by atoms with E-state index >= 15 is 0 Å². The smallest absolute Gasteiger partial charge is 0.0700 e. The monoisotopic (exact) mass is 226 g/mol. The number of piperidine rings is 1. The van der Waals surface area contributed by atoms with E-state index in [-0.39, 0.29) is 0 Å². The molecule has 2 rings (SSSR count). The van der Waals surface area contributed by atoms with Crippen molar-refractivity contribution in [1.82, 2.24) is 10.2 Å². The zero-order chi connectivity index (χ0) is 11.4. The first-order chi connectivity index (χ1) is 7.79. The Hall–Kier alpha value is -0.120. The van der Waals surface area contributed by atoms with Crippen LogP contribution in [0.25, 0.3) is 0 Å². The summed E-state index contributed by atoms with van der Waals surface area (Å²) in [5, 5.41) is 3.69. The highest BCUT2D eigenvalue weighted by Crippen LogP contribution is 2.17. The molecule has 2 aliphatic heterocycles. The van der Waals surface area contributed by atoms with E-state index in [1.165, 1.54) is 45.4 Å². The average Bonchev–Trinajstić information content (AvgIpc) is 2.72. The van der Waals surface area contributed by atoms with Crippen LogP contribution in [-0.2, 0) is 4.74 Å². The molecule has 2 aliphatic rings. The molecule has 0 aromatic heterocycles. The van der Waals surface area contributed by atoms with E-state index in [4.69, 9.17) is 4.74 Å². The van der Waals surface area contributed by atoms with Crippen LogP contribution in [0.5, 0.6) is 0 Å². The van der Waals surface area contributed by atoms with Crippen LogP contribution in [0.15, 0.2) is 0 Å². The molecule has 1 N–H and O–H groups in total. The van der Waals surface area contributed by atoms with Gasteiger partial charge in [-0.3, -0.25) is 0 Å². The van der Waals surface area contributed by atoms with E-state index in [2.05, 4.69) is 24.1 Å². The van der Waals surface area contributed by atoms with Gasteiger partial charge in [0.25, 0.3) is 0 Å². The van der Waals surface area contributed by atoms with Crippen LogP contribution in [0.1, 0.15) is 33.1 Å². The van der Waals surface area contributed by atoms with E-state index in [1.54, 1.807) is 0 Å². The van der Waals surface area contributed by atoms with E-state index in [1.807, 2.05) is 0 Å². The summed E-state index contributed by atoms with van der Waals surface area (Å²) in [6, 6.07) is 0.594. The second kappa shape index (κ2) is 5.99. The van der Waals surface area contributed by atoms with Crippen molar-refractivity contribution >= 4 is 0 Å². The topological polar surface area (TPSA) is 24.5 Å². The molecule has 0 radical (unpaired) electrons. The van der Waals surface area contributed by atoms with Gasteiger partial charge >= 0.3 is 0 Å². The summed E-state index contributed by atoms with van der Waals surface area (Å²) in [7, 11) is 0. The Morgan fingerprint density at radius 3 is 2.94 bits per heavy atom. The molecule has 94 valence electrons. The SMILES string of the molecule is CCN1CCCC(CNC2CCOC2C)C1.